The van der Waals surface area contributed by atoms with Crippen LogP contribution in [-0.2, 0) is 0 Å². The van der Waals surface area contributed by atoms with Crippen LogP contribution in [0.3, 0.4) is 0 Å². The Bertz CT molecular complexity index is 573. The number of thioether (sulfide) groups is 1. The van der Waals surface area contributed by atoms with Gasteiger partial charge >= 0.3 is 0 Å². The molecule has 2 aromatic rings. The van der Waals surface area contributed by atoms with Crippen LogP contribution >= 0.6 is 24.2 Å². The van der Waals surface area contributed by atoms with Gasteiger partial charge in [-0.3, -0.25) is 4.90 Å². The third-order valence-corrected chi connectivity index (χ3v) is 4.40. The van der Waals surface area contributed by atoms with Crippen molar-refractivity contribution in [3.8, 4) is 5.88 Å². The lowest BCUT2D eigenvalue weighted by molar-refractivity contribution is 0.239. The number of halogens is 1. The molecule has 0 atom stereocenters. The molecule has 0 bridgehead atoms. The summed E-state index contributed by atoms with van der Waals surface area (Å²) >= 11 is 1.99. The third kappa shape index (κ3) is 3.57. The maximum atomic E-state index is 5.79. The number of aryl methyl sites for hydroxylation is 1. The topological polar surface area (TPSA) is 25.4 Å². The van der Waals surface area contributed by atoms with Gasteiger partial charge < -0.3 is 4.74 Å². The van der Waals surface area contributed by atoms with Gasteiger partial charge in [-0.15, -0.1) is 24.2 Å². The number of benzene rings is 1. The van der Waals surface area contributed by atoms with Crippen LogP contribution in [-0.4, -0.2) is 41.2 Å². The van der Waals surface area contributed by atoms with E-state index in [4.69, 9.17) is 4.74 Å². The van der Waals surface area contributed by atoms with Crippen molar-refractivity contribution in [3.63, 3.8) is 0 Å². The number of hydrogen-bond donors (Lipinski definition) is 0. The fourth-order valence-electron chi connectivity index (χ4n) is 2.30. The highest BCUT2D eigenvalue weighted by atomic mass is 35.5. The van der Waals surface area contributed by atoms with Crippen LogP contribution in [0.4, 0.5) is 0 Å². The summed E-state index contributed by atoms with van der Waals surface area (Å²) in [6.45, 7) is 4.98. The quantitative estimate of drug-likeness (QED) is 0.865. The highest BCUT2D eigenvalue weighted by Gasteiger charge is 2.11. The highest BCUT2D eigenvalue weighted by Crippen LogP contribution is 2.21. The summed E-state index contributed by atoms with van der Waals surface area (Å²) in [7, 11) is 0. The molecule has 0 unspecified atom stereocenters. The number of fused-ring (bicyclic) bond motifs is 1. The normalized spacial score (nSPS) is 15.2. The zero-order valence-corrected chi connectivity index (χ0v) is 13.2. The first-order valence-corrected chi connectivity index (χ1v) is 7.78. The van der Waals surface area contributed by atoms with Gasteiger partial charge in [-0.2, -0.15) is 0 Å². The lowest BCUT2D eigenvalue weighted by atomic mass is 10.1. The van der Waals surface area contributed by atoms with E-state index in [2.05, 4.69) is 22.9 Å². The van der Waals surface area contributed by atoms with Gasteiger partial charge in [0.2, 0.25) is 5.88 Å². The van der Waals surface area contributed by atoms with E-state index in [-0.39, 0.29) is 12.4 Å². The molecule has 20 heavy (non-hydrogen) atoms. The van der Waals surface area contributed by atoms with Crippen molar-refractivity contribution in [3.05, 3.63) is 35.9 Å². The molecule has 1 aromatic carbocycles. The summed E-state index contributed by atoms with van der Waals surface area (Å²) in [4.78, 5) is 6.97. The first kappa shape index (κ1) is 15.4. The average molecular weight is 311 g/mol. The predicted octanol–water partition coefficient (Wildman–Crippen LogP) is 3.35. The maximum Gasteiger partial charge on any atom is 0.214 e. The van der Waals surface area contributed by atoms with Crippen molar-refractivity contribution >= 4 is 35.1 Å². The van der Waals surface area contributed by atoms with E-state index in [9.17, 15) is 0 Å². The molecule has 5 heteroatoms. The number of nitrogens with zero attached hydrogens (tertiary/aromatic N) is 2. The largest absolute Gasteiger partial charge is 0.476 e. The van der Waals surface area contributed by atoms with Crippen molar-refractivity contribution in [2.45, 2.75) is 6.92 Å². The lowest BCUT2D eigenvalue weighted by Crippen LogP contribution is -2.25. The van der Waals surface area contributed by atoms with Crippen LogP contribution < -0.4 is 4.74 Å². The molecular weight excluding hydrogens is 292 g/mol. The predicted molar refractivity (Wildman–Crippen MR) is 88.1 cm³/mol. The van der Waals surface area contributed by atoms with Gasteiger partial charge in [0.05, 0.1) is 5.52 Å². The van der Waals surface area contributed by atoms with E-state index in [1.54, 1.807) is 0 Å². The highest BCUT2D eigenvalue weighted by molar-refractivity contribution is 7.99. The Morgan fingerprint density at radius 2 is 2.20 bits per heavy atom. The van der Waals surface area contributed by atoms with Gasteiger partial charge in [0, 0.05) is 36.2 Å². The maximum absolute atomic E-state index is 5.79. The summed E-state index contributed by atoms with van der Waals surface area (Å²) in [5.41, 5.74) is 2.23. The Kier molecular flexibility index (Phi) is 5.52. The Balaban J connectivity index is 0.00000147. The molecule has 0 spiro atoms. The van der Waals surface area contributed by atoms with Crippen LogP contribution in [0, 0.1) is 6.92 Å². The Morgan fingerprint density at radius 3 is 3.00 bits per heavy atom. The van der Waals surface area contributed by atoms with E-state index < -0.39 is 0 Å². The fraction of sp³-hybridized carbons (Fsp3) is 0.400. The molecule has 2 heterocycles. The Labute approximate surface area is 130 Å². The van der Waals surface area contributed by atoms with Crippen molar-refractivity contribution in [2.24, 2.45) is 0 Å². The minimum atomic E-state index is 0. The molecule has 0 radical (unpaired) electrons. The van der Waals surface area contributed by atoms with Crippen molar-refractivity contribution in [2.75, 3.05) is 31.3 Å². The summed E-state index contributed by atoms with van der Waals surface area (Å²) in [6.07, 6.45) is 0. The Hall–Kier alpha value is -0.970. The van der Waals surface area contributed by atoms with E-state index in [1.807, 2.05) is 36.0 Å². The molecule has 0 aliphatic carbocycles. The van der Waals surface area contributed by atoms with Crippen molar-refractivity contribution < 1.29 is 4.74 Å². The average Bonchev–Trinajstić information content (AvgIpc) is 2.92. The van der Waals surface area contributed by atoms with Crippen LogP contribution in [0.25, 0.3) is 10.9 Å². The number of aromatic nitrogens is 1. The van der Waals surface area contributed by atoms with E-state index >= 15 is 0 Å². The van der Waals surface area contributed by atoms with Crippen molar-refractivity contribution in [1.82, 2.24) is 9.88 Å². The van der Waals surface area contributed by atoms with Crippen LogP contribution in [0.5, 0.6) is 5.88 Å². The summed E-state index contributed by atoms with van der Waals surface area (Å²) in [5, 5.41) is 1.20. The Morgan fingerprint density at radius 1 is 1.35 bits per heavy atom. The number of rotatable bonds is 4. The SMILES string of the molecule is Cc1cc(OCCN2CCSC2)nc2ccccc12.Cl. The first-order valence-electron chi connectivity index (χ1n) is 6.62. The zero-order valence-electron chi connectivity index (χ0n) is 11.5. The molecule has 0 saturated carbocycles. The molecule has 108 valence electrons. The summed E-state index contributed by atoms with van der Waals surface area (Å²) in [6, 6.07) is 10.2. The molecule has 3 nitrogen and oxygen atoms in total. The molecule has 1 aromatic heterocycles. The van der Waals surface area contributed by atoms with Gasteiger partial charge in [0.15, 0.2) is 0 Å². The van der Waals surface area contributed by atoms with Crippen LogP contribution in [0.1, 0.15) is 5.56 Å². The van der Waals surface area contributed by atoms with Crippen LogP contribution in [0.15, 0.2) is 30.3 Å². The minimum absolute atomic E-state index is 0. The molecule has 0 N–H and O–H groups in total. The monoisotopic (exact) mass is 310 g/mol. The van der Waals surface area contributed by atoms with Gasteiger partial charge in [-0.25, -0.2) is 4.98 Å². The molecular formula is C15H19ClN2OS. The minimum Gasteiger partial charge on any atom is -0.476 e. The van der Waals surface area contributed by atoms with Gasteiger partial charge in [0.1, 0.15) is 6.61 Å². The molecule has 1 aliphatic rings. The number of ether oxygens (including phenoxy) is 1. The lowest BCUT2D eigenvalue weighted by Gasteiger charge is -2.14. The molecule has 1 saturated heterocycles. The first-order chi connectivity index (χ1) is 9.33. The second kappa shape index (κ2) is 7.16. The van der Waals surface area contributed by atoms with Crippen molar-refractivity contribution in [1.29, 1.82) is 0 Å². The number of para-hydroxylation sites is 1. The van der Waals surface area contributed by atoms with Gasteiger partial charge in [0.25, 0.3) is 0 Å². The summed E-state index contributed by atoms with van der Waals surface area (Å²) < 4.78 is 5.79. The second-order valence-electron chi connectivity index (χ2n) is 4.80. The molecule has 1 aliphatic heterocycles. The molecule has 0 amide bonds. The van der Waals surface area contributed by atoms with Gasteiger partial charge in [-0.05, 0) is 18.6 Å². The third-order valence-electron chi connectivity index (χ3n) is 3.38. The van der Waals surface area contributed by atoms with E-state index in [0.29, 0.717) is 6.61 Å². The molecule has 3 rings (SSSR count). The summed E-state index contributed by atoms with van der Waals surface area (Å²) in [5.74, 6) is 3.11. The smallest absolute Gasteiger partial charge is 0.214 e. The fourth-order valence-corrected chi connectivity index (χ4v) is 3.33. The second-order valence-corrected chi connectivity index (χ2v) is 5.87. The zero-order chi connectivity index (χ0) is 13.1. The van der Waals surface area contributed by atoms with E-state index in [0.717, 1.165) is 23.8 Å². The van der Waals surface area contributed by atoms with E-state index in [1.165, 1.54) is 23.2 Å². The van der Waals surface area contributed by atoms with Gasteiger partial charge in [-0.1, -0.05) is 18.2 Å². The standard InChI is InChI=1S/C15H18N2OS.ClH/c1-12-10-15(16-14-5-3-2-4-13(12)14)18-8-6-17-7-9-19-11-17;/h2-5,10H,6-9,11H2,1H3;1H. The number of pyridine rings is 1. The van der Waals surface area contributed by atoms with Crippen LogP contribution in [0.2, 0.25) is 0 Å². The molecule has 1 fully saturated rings. The number of hydrogen-bond acceptors (Lipinski definition) is 4.